The third-order valence-corrected chi connectivity index (χ3v) is 6.65. The van der Waals surface area contributed by atoms with E-state index in [-0.39, 0.29) is 31.6 Å². The summed E-state index contributed by atoms with van der Waals surface area (Å²) in [6, 6.07) is 13.3. The van der Waals surface area contributed by atoms with Gasteiger partial charge in [0.15, 0.2) is 0 Å². The molecule has 0 bridgehead atoms. The number of aryl methyl sites for hydroxylation is 1. The maximum atomic E-state index is 13.1. The van der Waals surface area contributed by atoms with E-state index in [0.717, 1.165) is 29.5 Å². The molecule has 0 unspecified atom stereocenters. The summed E-state index contributed by atoms with van der Waals surface area (Å²) in [7, 11) is -0.325. The molecule has 0 radical (unpaired) electrons. The van der Waals surface area contributed by atoms with Crippen LogP contribution < -0.4 is 0 Å². The van der Waals surface area contributed by atoms with Gasteiger partial charge in [0.1, 0.15) is 0 Å². The van der Waals surface area contributed by atoms with Gasteiger partial charge in [0.2, 0.25) is 15.9 Å². The summed E-state index contributed by atoms with van der Waals surface area (Å²) >= 11 is 0. The normalized spacial score (nSPS) is 14.5. The molecule has 1 heterocycles. The second-order valence-electron chi connectivity index (χ2n) is 7.45. The van der Waals surface area contributed by atoms with Crippen LogP contribution in [-0.4, -0.2) is 60.9 Å². The molecule has 8 heteroatoms. The average Bonchev–Trinajstić information content (AvgIpc) is 3.50. The van der Waals surface area contributed by atoms with Gasteiger partial charge < -0.3 is 14.2 Å². The molecule has 162 valence electrons. The van der Waals surface area contributed by atoms with Crippen LogP contribution >= 0.6 is 0 Å². The number of nitrogens with zero attached hydrogens (tertiary/aromatic N) is 3. The van der Waals surface area contributed by atoms with Crippen LogP contribution in [0, 0.1) is 0 Å². The number of amides is 1. The Labute approximate surface area is 178 Å². The number of rotatable bonds is 11. The van der Waals surface area contributed by atoms with E-state index in [1.54, 1.807) is 11.0 Å². The first kappa shape index (κ1) is 22.3. The first-order valence-electron chi connectivity index (χ1n) is 10.0. The van der Waals surface area contributed by atoms with E-state index in [0.29, 0.717) is 6.54 Å². The van der Waals surface area contributed by atoms with Gasteiger partial charge in [-0.1, -0.05) is 30.3 Å². The van der Waals surface area contributed by atoms with E-state index < -0.39 is 10.0 Å². The number of carbonyl (C=O) groups excluding carboxylic acids is 1. The molecule has 0 spiro atoms. The zero-order valence-corrected chi connectivity index (χ0v) is 18.3. The molecule has 7 nitrogen and oxygen atoms in total. The molecular weight excluding hydrogens is 402 g/mol. The highest BCUT2D eigenvalue weighted by molar-refractivity contribution is 7.92. The van der Waals surface area contributed by atoms with E-state index >= 15 is 0 Å². The number of methoxy groups -OCH3 is 1. The van der Waals surface area contributed by atoms with Crippen molar-refractivity contribution in [3.63, 3.8) is 0 Å². The molecule has 0 aliphatic heterocycles. The lowest BCUT2D eigenvalue weighted by Crippen LogP contribution is -2.44. The summed E-state index contributed by atoms with van der Waals surface area (Å²) in [5, 5.41) is 1.16. The number of aromatic nitrogens is 1. The van der Waals surface area contributed by atoms with E-state index in [1.165, 1.54) is 11.4 Å². The van der Waals surface area contributed by atoms with Crippen molar-refractivity contribution in [2.45, 2.75) is 25.4 Å². The first-order chi connectivity index (χ1) is 14.4. The molecule has 2 aromatic rings. The first-order valence-corrected chi connectivity index (χ1v) is 11.5. The highest BCUT2D eigenvalue weighted by atomic mass is 32.2. The van der Waals surface area contributed by atoms with Crippen LogP contribution in [-0.2, 0) is 33.1 Å². The summed E-state index contributed by atoms with van der Waals surface area (Å²) in [5.74, 6) is -0.188. The van der Waals surface area contributed by atoms with Gasteiger partial charge in [0, 0.05) is 44.0 Å². The minimum atomic E-state index is -3.78. The van der Waals surface area contributed by atoms with Gasteiger partial charge in [-0.15, -0.1) is 0 Å². The molecule has 1 aromatic carbocycles. The maximum absolute atomic E-state index is 13.1. The van der Waals surface area contributed by atoms with E-state index in [9.17, 15) is 13.2 Å². The molecule has 3 rings (SSSR count). The van der Waals surface area contributed by atoms with E-state index in [4.69, 9.17) is 4.74 Å². The van der Waals surface area contributed by atoms with Crippen molar-refractivity contribution in [1.29, 1.82) is 0 Å². The Balaban J connectivity index is 1.74. The molecule has 0 saturated heterocycles. The number of hydrogen-bond acceptors (Lipinski definition) is 4. The highest BCUT2D eigenvalue weighted by Crippen LogP contribution is 2.29. The summed E-state index contributed by atoms with van der Waals surface area (Å²) < 4.78 is 34.1. The van der Waals surface area contributed by atoms with Gasteiger partial charge in [-0.2, -0.15) is 4.31 Å². The minimum absolute atomic E-state index is 0.117. The molecule has 1 aromatic heterocycles. The monoisotopic (exact) mass is 431 g/mol. The van der Waals surface area contributed by atoms with Crippen molar-refractivity contribution in [2.24, 2.45) is 7.05 Å². The maximum Gasteiger partial charge on any atom is 0.238 e. The molecule has 1 fully saturated rings. The van der Waals surface area contributed by atoms with Crippen LogP contribution in [0.3, 0.4) is 0 Å². The Morgan fingerprint density at radius 3 is 2.53 bits per heavy atom. The zero-order valence-electron chi connectivity index (χ0n) is 17.5. The quantitative estimate of drug-likeness (QED) is 0.548. The van der Waals surface area contributed by atoms with Crippen molar-refractivity contribution in [3.8, 4) is 0 Å². The van der Waals surface area contributed by atoms with Crippen molar-refractivity contribution in [2.75, 3.05) is 26.8 Å². The number of hydrogen-bond donors (Lipinski definition) is 0. The molecule has 1 aliphatic carbocycles. The highest BCUT2D eigenvalue weighted by Gasteiger charge is 2.34. The van der Waals surface area contributed by atoms with E-state index in [2.05, 4.69) is 0 Å². The smallest absolute Gasteiger partial charge is 0.238 e. The lowest BCUT2D eigenvalue weighted by Gasteiger charge is -2.26. The van der Waals surface area contributed by atoms with Crippen molar-refractivity contribution in [3.05, 3.63) is 65.3 Å². The summed E-state index contributed by atoms with van der Waals surface area (Å²) in [6.45, 7) is 0.607. The molecule has 1 amide bonds. The molecule has 1 aliphatic rings. The van der Waals surface area contributed by atoms with Gasteiger partial charge in [0.25, 0.3) is 0 Å². The van der Waals surface area contributed by atoms with Crippen LogP contribution in [0.25, 0.3) is 6.08 Å². The lowest BCUT2D eigenvalue weighted by atomic mass is 10.2. The fraction of sp³-hybridized carbons (Fsp3) is 0.409. The van der Waals surface area contributed by atoms with Gasteiger partial charge in [-0.25, -0.2) is 8.42 Å². The Bertz CT molecular complexity index is 965. The Morgan fingerprint density at radius 1 is 1.20 bits per heavy atom. The SMILES string of the molecule is COCCN(CC(=O)N(Cc1cccn1C)C1CC1)S(=O)(=O)C=Cc1ccccc1. The van der Waals surface area contributed by atoms with Crippen LogP contribution in [0.2, 0.25) is 0 Å². The standard InChI is InChI=1S/C22H29N3O4S/c1-23-13-6-9-21(23)17-25(20-10-11-20)22(26)18-24(14-15-29-2)30(27,28)16-12-19-7-4-3-5-8-19/h3-9,12-13,16,20H,10-11,14-15,17-18H2,1-2H3. The predicted octanol–water partition coefficient (Wildman–Crippen LogP) is 2.47. The van der Waals surface area contributed by atoms with Crippen molar-refractivity contribution in [1.82, 2.24) is 13.8 Å². The second-order valence-corrected chi connectivity index (χ2v) is 9.27. The summed E-state index contributed by atoms with van der Waals surface area (Å²) in [6.07, 6.45) is 5.39. The molecule has 0 N–H and O–H groups in total. The fourth-order valence-electron chi connectivity index (χ4n) is 3.19. The fourth-order valence-corrected chi connectivity index (χ4v) is 4.31. The van der Waals surface area contributed by atoms with Gasteiger partial charge in [0.05, 0.1) is 19.7 Å². The van der Waals surface area contributed by atoms with Gasteiger partial charge in [-0.05, 0) is 36.6 Å². The summed E-state index contributed by atoms with van der Waals surface area (Å²) in [5.41, 5.74) is 1.80. The number of ether oxygens (including phenoxy) is 1. The van der Waals surface area contributed by atoms with Gasteiger partial charge in [-0.3, -0.25) is 4.79 Å². The molecular formula is C22H29N3O4S. The predicted molar refractivity (Wildman–Crippen MR) is 117 cm³/mol. The van der Waals surface area contributed by atoms with Gasteiger partial charge >= 0.3 is 0 Å². The Hall–Kier alpha value is -2.42. The van der Waals surface area contributed by atoms with E-state index in [1.807, 2.05) is 60.3 Å². The number of benzene rings is 1. The molecule has 0 atom stereocenters. The van der Waals surface area contributed by atoms with Crippen LogP contribution in [0.5, 0.6) is 0 Å². The Kier molecular flexibility index (Phi) is 7.47. The van der Waals surface area contributed by atoms with Crippen LogP contribution in [0.15, 0.2) is 54.1 Å². The van der Waals surface area contributed by atoms with Crippen molar-refractivity contribution >= 4 is 22.0 Å². The topological polar surface area (TPSA) is 71.8 Å². The van der Waals surface area contributed by atoms with Crippen LogP contribution in [0.4, 0.5) is 0 Å². The van der Waals surface area contributed by atoms with Crippen molar-refractivity contribution < 1.29 is 17.9 Å². The third kappa shape index (κ3) is 6.04. The lowest BCUT2D eigenvalue weighted by molar-refractivity contribution is -0.132. The zero-order chi connectivity index (χ0) is 21.6. The largest absolute Gasteiger partial charge is 0.383 e. The van der Waals surface area contributed by atoms with Crippen LogP contribution in [0.1, 0.15) is 24.1 Å². The average molecular weight is 432 g/mol. The minimum Gasteiger partial charge on any atom is -0.383 e. The second kappa shape index (κ2) is 10.1. The molecule has 1 saturated carbocycles. The molecule has 30 heavy (non-hydrogen) atoms. The third-order valence-electron chi connectivity index (χ3n) is 5.14. The summed E-state index contributed by atoms with van der Waals surface area (Å²) in [4.78, 5) is 14.9. The number of carbonyl (C=O) groups is 1. The Morgan fingerprint density at radius 2 is 1.93 bits per heavy atom. The number of sulfonamides is 1.